The van der Waals surface area contributed by atoms with E-state index >= 15 is 0 Å². The SMILES string of the molecule is CN1C(=O)SC(c2cn(S(=O)(=O)c3ccc(F)cc3)c3ccccc23)C1=O. The zero-order valence-corrected chi connectivity index (χ0v) is 15.6. The van der Waals surface area contributed by atoms with E-state index in [0.717, 1.165) is 32.8 Å². The highest BCUT2D eigenvalue weighted by molar-refractivity contribution is 8.15. The van der Waals surface area contributed by atoms with Crippen LogP contribution in [0.25, 0.3) is 10.9 Å². The zero-order valence-electron chi connectivity index (χ0n) is 14.0. The average molecular weight is 404 g/mol. The number of nitrogens with zero attached hydrogens (tertiary/aromatic N) is 2. The maximum absolute atomic E-state index is 13.2. The molecule has 2 amide bonds. The third kappa shape index (κ3) is 2.74. The smallest absolute Gasteiger partial charge is 0.275 e. The summed E-state index contributed by atoms with van der Waals surface area (Å²) in [6.45, 7) is 0. The molecule has 1 aliphatic rings. The van der Waals surface area contributed by atoms with E-state index in [-0.39, 0.29) is 10.1 Å². The standard InChI is InChI=1S/C18H13FN2O4S2/c1-20-17(22)16(26-18(20)23)14-10-21(15-5-3-2-4-13(14)15)27(24,25)12-8-6-11(19)7-9-12/h2-10,16H,1H3. The summed E-state index contributed by atoms with van der Waals surface area (Å²) in [6.07, 6.45) is 1.37. The molecule has 0 spiro atoms. The summed E-state index contributed by atoms with van der Waals surface area (Å²) in [5.41, 5.74) is 0.830. The molecule has 1 aliphatic heterocycles. The fourth-order valence-electron chi connectivity index (χ4n) is 3.00. The first-order valence-corrected chi connectivity index (χ1v) is 10.2. The number of hydrogen-bond acceptors (Lipinski definition) is 5. The van der Waals surface area contributed by atoms with Gasteiger partial charge in [0.05, 0.1) is 10.4 Å². The minimum atomic E-state index is -4.00. The van der Waals surface area contributed by atoms with Gasteiger partial charge in [0.25, 0.3) is 15.3 Å². The van der Waals surface area contributed by atoms with Gasteiger partial charge in [-0.3, -0.25) is 14.5 Å². The monoisotopic (exact) mass is 404 g/mol. The number of halogens is 1. The zero-order chi connectivity index (χ0) is 19.3. The number of likely N-dealkylation sites (N-methyl/N-ethyl adjacent to an activating group) is 1. The van der Waals surface area contributed by atoms with Crippen molar-refractivity contribution in [1.29, 1.82) is 0 Å². The van der Waals surface area contributed by atoms with Crippen molar-refractivity contribution in [3.8, 4) is 0 Å². The van der Waals surface area contributed by atoms with E-state index in [1.54, 1.807) is 24.3 Å². The second kappa shape index (κ2) is 6.21. The van der Waals surface area contributed by atoms with E-state index < -0.39 is 27.0 Å². The Bertz CT molecular complexity index is 1190. The summed E-state index contributed by atoms with van der Waals surface area (Å²) >= 11 is 0.851. The number of amides is 2. The van der Waals surface area contributed by atoms with Crippen LogP contribution in [0.5, 0.6) is 0 Å². The molecule has 6 nitrogen and oxygen atoms in total. The molecule has 2 heterocycles. The predicted octanol–water partition coefficient (Wildman–Crippen LogP) is 3.38. The number of carbonyl (C=O) groups excluding carboxylic acids is 2. The summed E-state index contributed by atoms with van der Waals surface area (Å²) < 4.78 is 40.4. The lowest BCUT2D eigenvalue weighted by Gasteiger charge is -2.07. The molecule has 1 aromatic heterocycles. The minimum Gasteiger partial charge on any atom is -0.275 e. The van der Waals surface area contributed by atoms with Gasteiger partial charge < -0.3 is 0 Å². The van der Waals surface area contributed by atoms with E-state index in [1.165, 1.54) is 25.4 Å². The lowest BCUT2D eigenvalue weighted by molar-refractivity contribution is -0.125. The molecule has 1 fully saturated rings. The van der Waals surface area contributed by atoms with Crippen LogP contribution in [0.15, 0.2) is 59.6 Å². The summed E-state index contributed by atoms with van der Waals surface area (Å²) in [6, 6.07) is 11.3. The largest absolute Gasteiger partial charge is 0.289 e. The quantitative estimate of drug-likeness (QED) is 0.669. The molecular formula is C18H13FN2O4S2. The van der Waals surface area contributed by atoms with E-state index in [2.05, 4.69) is 0 Å². The number of benzene rings is 2. The highest BCUT2D eigenvalue weighted by atomic mass is 32.2. The Morgan fingerprint density at radius 3 is 2.33 bits per heavy atom. The first-order chi connectivity index (χ1) is 12.8. The molecule has 3 aromatic rings. The van der Waals surface area contributed by atoms with Crippen molar-refractivity contribution in [3.63, 3.8) is 0 Å². The number of rotatable bonds is 3. The molecule has 0 N–H and O–H groups in total. The molecule has 0 bridgehead atoms. The molecular weight excluding hydrogens is 391 g/mol. The van der Waals surface area contributed by atoms with Gasteiger partial charge in [0.2, 0.25) is 5.91 Å². The molecule has 9 heteroatoms. The van der Waals surface area contributed by atoms with Crippen LogP contribution < -0.4 is 0 Å². The van der Waals surface area contributed by atoms with Crippen molar-refractivity contribution in [2.75, 3.05) is 7.05 Å². The Morgan fingerprint density at radius 1 is 1.04 bits per heavy atom. The Balaban J connectivity index is 1.92. The maximum Gasteiger partial charge on any atom is 0.289 e. The van der Waals surface area contributed by atoms with Crippen LogP contribution in [0, 0.1) is 5.82 Å². The highest BCUT2D eigenvalue weighted by Gasteiger charge is 2.40. The maximum atomic E-state index is 13.2. The van der Waals surface area contributed by atoms with Gasteiger partial charge in [0.15, 0.2) is 0 Å². The van der Waals surface area contributed by atoms with Crippen LogP contribution in [0.1, 0.15) is 10.8 Å². The van der Waals surface area contributed by atoms with Crippen LogP contribution in [0.3, 0.4) is 0 Å². The Kier molecular flexibility index (Phi) is 4.08. The van der Waals surface area contributed by atoms with Crippen molar-refractivity contribution in [1.82, 2.24) is 8.87 Å². The Hall–Kier alpha value is -2.65. The van der Waals surface area contributed by atoms with Gasteiger partial charge >= 0.3 is 0 Å². The van der Waals surface area contributed by atoms with E-state index in [0.29, 0.717) is 16.5 Å². The summed E-state index contributed by atoms with van der Waals surface area (Å²) in [5.74, 6) is -0.936. The fraction of sp³-hybridized carbons (Fsp3) is 0.111. The third-order valence-corrected chi connectivity index (χ3v) is 7.26. The fourth-order valence-corrected chi connectivity index (χ4v) is 5.40. The van der Waals surface area contributed by atoms with Crippen LogP contribution in [-0.4, -0.2) is 35.5 Å². The van der Waals surface area contributed by atoms with Gasteiger partial charge in [0.1, 0.15) is 11.1 Å². The summed E-state index contributed by atoms with van der Waals surface area (Å²) in [7, 11) is -2.61. The molecule has 27 heavy (non-hydrogen) atoms. The topological polar surface area (TPSA) is 76.5 Å². The molecule has 0 radical (unpaired) electrons. The van der Waals surface area contributed by atoms with Crippen LogP contribution in [0.2, 0.25) is 0 Å². The van der Waals surface area contributed by atoms with Gasteiger partial charge in [-0.2, -0.15) is 0 Å². The van der Waals surface area contributed by atoms with Crippen molar-refractivity contribution < 1.29 is 22.4 Å². The predicted molar refractivity (Wildman–Crippen MR) is 99.4 cm³/mol. The molecule has 1 atom stereocenters. The molecule has 138 valence electrons. The molecule has 0 aliphatic carbocycles. The highest BCUT2D eigenvalue weighted by Crippen LogP contribution is 2.42. The second-order valence-electron chi connectivity index (χ2n) is 6.02. The van der Waals surface area contributed by atoms with E-state index in [9.17, 15) is 22.4 Å². The van der Waals surface area contributed by atoms with Gasteiger partial charge in [-0.05, 0) is 42.1 Å². The van der Waals surface area contributed by atoms with Gasteiger partial charge in [-0.1, -0.05) is 18.2 Å². The number of aromatic nitrogens is 1. The van der Waals surface area contributed by atoms with Gasteiger partial charge in [-0.15, -0.1) is 0 Å². The average Bonchev–Trinajstić information content (AvgIpc) is 3.16. The lowest BCUT2D eigenvalue weighted by Crippen LogP contribution is -2.24. The van der Waals surface area contributed by atoms with Crippen molar-refractivity contribution in [3.05, 3.63) is 66.1 Å². The van der Waals surface area contributed by atoms with Crippen molar-refractivity contribution >= 4 is 43.8 Å². The van der Waals surface area contributed by atoms with Crippen LogP contribution in [-0.2, 0) is 14.8 Å². The molecule has 1 saturated heterocycles. The molecule has 4 rings (SSSR count). The Morgan fingerprint density at radius 2 is 1.70 bits per heavy atom. The second-order valence-corrected chi connectivity index (χ2v) is 8.89. The summed E-state index contributed by atoms with van der Waals surface area (Å²) in [5, 5.41) is -0.627. The van der Waals surface area contributed by atoms with Crippen molar-refractivity contribution in [2.24, 2.45) is 0 Å². The number of imide groups is 1. The lowest BCUT2D eigenvalue weighted by atomic mass is 10.1. The minimum absolute atomic E-state index is 0.0743. The number of carbonyl (C=O) groups is 2. The molecule has 0 saturated carbocycles. The van der Waals surface area contributed by atoms with Crippen LogP contribution in [0.4, 0.5) is 9.18 Å². The molecule has 1 unspecified atom stereocenters. The van der Waals surface area contributed by atoms with Crippen LogP contribution >= 0.6 is 11.8 Å². The number of para-hydroxylation sites is 1. The van der Waals surface area contributed by atoms with Gasteiger partial charge in [0, 0.05) is 24.2 Å². The first kappa shape index (κ1) is 17.7. The van der Waals surface area contributed by atoms with Crippen molar-refractivity contribution in [2.45, 2.75) is 10.1 Å². The number of fused-ring (bicyclic) bond motifs is 1. The first-order valence-electron chi connectivity index (χ1n) is 7.90. The normalized spacial score (nSPS) is 17.9. The number of hydrogen-bond donors (Lipinski definition) is 0. The Labute approximate surface area is 158 Å². The number of thioether (sulfide) groups is 1. The van der Waals surface area contributed by atoms with E-state index in [4.69, 9.17) is 0 Å². The third-order valence-electron chi connectivity index (χ3n) is 4.41. The van der Waals surface area contributed by atoms with Gasteiger partial charge in [-0.25, -0.2) is 16.8 Å². The summed E-state index contributed by atoms with van der Waals surface area (Å²) in [4.78, 5) is 25.2. The molecule has 2 aromatic carbocycles. The van der Waals surface area contributed by atoms with E-state index in [1.807, 2.05) is 0 Å².